The van der Waals surface area contributed by atoms with Gasteiger partial charge >= 0.3 is 0 Å². The Morgan fingerprint density at radius 2 is 1.31 bits per heavy atom. The molecule has 0 saturated heterocycles. The molecule has 1 heteroatoms. The fraction of sp³-hybridized carbons (Fsp3) is 0.149. The van der Waals surface area contributed by atoms with Crippen molar-refractivity contribution in [1.29, 1.82) is 0 Å². The van der Waals surface area contributed by atoms with Crippen molar-refractivity contribution in [2.75, 3.05) is 0 Å². The summed E-state index contributed by atoms with van der Waals surface area (Å²) in [6, 6.07) is 46.6. The Balaban J connectivity index is 1.22. The monoisotopic (exact) mass is 632 g/mol. The number of thiophene rings is 1. The fourth-order valence-corrected chi connectivity index (χ4v) is 10.5. The molecule has 1 unspecified atom stereocenters. The van der Waals surface area contributed by atoms with Gasteiger partial charge in [-0.15, -0.1) is 11.3 Å². The lowest BCUT2D eigenvalue weighted by Crippen LogP contribution is -2.31. The van der Waals surface area contributed by atoms with Crippen LogP contribution in [0, 0.1) is 0 Å². The first-order valence-electron chi connectivity index (χ1n) is 17.5. The molecule has 0 saturated carbocycles. The van der Waals surface area contributed by atoms with E-state index >= 15 is 0 Å². The Hall–Kier alpha value is -4.98. The molecule has 0 nitrogen and oxygen atoms in total. The number of allylic oxidation sites excluding steroid dienone is 4. The molecular formula is C47H36S. The highest BCUT2D eigenvalue weighted by Crippen LogP contribution is 2.62. The van der Waals surface area contributed by atoms with Gasteiger partial charge in [0, 0.05) is 20.5 Å². The van der Waals surface area contributed by atoms with Crippen LogP contribution in [-0.4, -0.2) is 0 Å². The van der Waals surface area contributed by atoms with Gasteiger partial charge < -0.3 is 0 Å². The zero-order chi connectivity index (χ0) is 32.0. The summed E-state index contributed by atoms with van der Waals surface area (Å²) >= 11 is 2.01. The maximum Gasteiger partial charge on any atom is 0.0725 e. The first-order chi connectivity index (χ1) is 23.7. The second-order valence-electron chi connectivity index (χ2n) is 13.8. The average Bonchev–Trinajstić information content (AvgIpc) is 3.58. The quantitative estimate of drug-likeness (QED) is 0.182. The summed E-state index contributed by atoms with van der Waals surface area (Å²) in [7, 11) is 0. The van der Waals surface area contributed by atoms with E-state index in [0.717, 1.165) is 12.8 Å². The molecule has 7 aromatic rings. The smallest absolute Gasteiger partial charge is 0.0725 e. The second kappa shape index (κ2) is 10.5. The van der Waals surface area contributed by atoms with E-state index in [-0.39, 0.29) is 5.41 Å². The molecule has 48 heavy (non-hydrogen) atoms. The molecule has 3 aliphatic rings. The van der Waals surface area contributed by atoms with Crippen LogP contribution in [-0.2, 0) is 11.8 Å². The van der Waals surface area contributed by atoms with Crippen LogP contribution in [0.2, 0.25) is 0 Å². The topological polar surface area (TPSA) is 0 Å². The third-order valence-electron chi connectivity index (χ3n) is 11.3. The van der Waals surface area contributed by atoms with Gasteiger partial charge in [-0.3, -0.25) is 0 Å². The molecule has 1 atom stereocenters. The first kappa shape index (κ1) is 28.1. The van der Waals surface area contributed by atoms with Crippen molar-refractivity contribution >= 4 is 37.8 Å². The molecule has 1 heterocycles. The van der Waals surface area contributed by atoms with Gasteiger partial charge in [-0.1, -0.05) is 134 Å². The van der Waals surface area contributed by atoms with Gasteiger partial charge in [-0.2, -0.15) is 0 Å². The molecule has 0 amide bonds. The molecular weight excluding hydrogens is 597 g/mol. The highest BCUT2D eigenvalue weighted by Gasteiger charge is 2.50. The van der Waals surface area contributed by atoms with E-state index in [1.165, 1.54) is 106 Å². The number of rotatable bonds is 3. The number of benzene rings is 6. The third-order valence-corrected chi connectivity index (χ3v) is 12.5. The molecule has 230 valence electrons. The Morgan fingerprint density at radius 1 is 0.646 bits per heavy atom. The van der Waals surface area contributed by atoms with Crippen molar-refractivity contribution in [3.63, 3.8) is 0 Å². The van der Waals surface area contributed by atoms with E-state index < -0.39 is 0 Å². The molecule has 6 aromatic carbocycles. The van der Waals surface area contributed by atoms with Crippen molar-refractivity contribution < 1.29 is 0 Å². The summed E-state index contributed by atoms with van der Waals surface area (Å²) in [5.41, 5.74) is 17.6. The highest BCUT2D eigenvalue weighted by atomic mass is 32.1. The minimum atomic E-state index is -0.389. The molecule has 0 bridgehead atoms. The molecule has 1 spiro atoms. The van der Waals surface area contributed by atoms with E-state index in [9.17, 15) is 0 Å². The van der Waals surface area contributed by atoms with Crippen molar-refractivity contribution in [3.05, 3.63) is 172 Å². The van der Waals surface area contributed by atoms with E-state index in [2.05, 4.69) is 147 Å². The zero-order valence-corrected chi connectivity index (χ0v) is 28.3. The lowest BCUT2D eigenvalue weighted by atomic mass is 9.61. The van der Waals surface area contributed by atoms with Crippen LogP contribution in [0.1, 0.15) is 65.8 Å². The van der Waals surface area contributed by atoms with E-state index in [4.69, 9.17) is 0 Å². The predicted molar refractivity (Wildman–Crippen MR) is 206 cm³/mol. The van der Waals surface area contributed by atoms with Gasteiger partial charge in [-0.25, -0.2) is 0 Å². The largest absolute Gasteiger partial charge is 0.140 e. The lowest BCUT2D eigenvalue weighted by molar-refractivity contribution is 0.774. The summed E-state index contributed by atoms with van der Waals surface area (Å²) in [4.78, 5) is 1.55. The van der Waals surface area contributed by atoms with Crippen LogP contribution >= 0.6 is 11.3 Å². The summed E-state index contributed by atoms with van der Waals surface area (Å²) in [6.07, 6.45) is 9.35. The maximum atomic E-state index is 2.53. The van der Waals surface area contributed by atoms with Crippen molar-refractivity contribution in [3.8, 4) is 33.4 Å². The van der Waals surface area contributed by atoms with Gasteiger partial charge in [0.25, 0.3) is 0 Å². The van der Waals surface area contributed by atoms with Gasteiger partial charge in [-0.05, 0) is 117 Å². The SMILES string of the molecule is CC/C=C\C1=C(C)CCCc2sc3cc(-c4ccc5c(c4)C4(c6ccccc6-5)c5ccccc5-c5cccc6cccc4c56)ccc3c21. The first-order valence-corrected chi connectivity index (χ1v) is 18.3. The van der Waals surface area contributed by atoms with E-state index in [0.29, 0.717) is 0 Å². The van der Waals surface area contributed by atoms with Crippen molar-refractivity contribution in [1.82, 2.24) is 0 Å². The Morgan fingerprint density at radius 3 is 2.12 bits per heavy atom. The number of fused-ring (bicyclic) bond motifs is 12. The van der Waals surface area contributed by atoms with Crippen LogP contribution in [0.25, 0.3) is 59.8 Å². The minimum absolute atomic E-state index is 0.389. The van der Waals surface area contributed by atoms with E-state index in [1.807, 2.05) is 11.3 Å². The van der Waals surface area contributed by atoms with Crippen LogP contribution in [0.4, 0.5) is 0 Å². The molecule has 0 aliphatic heterocycles. The molecule has 0 radical (unpaired) electrons. The van der Waals surface area contributed by atoms with Gasteiger partial charge in [0.1, 0.15) is 0 Å². The lowest BCUT2D eigenvalue weighted by Gasteiger charge is -2.40. The zero-order valence-electron chi connectivity index (χ0n) is 27.4. The Kier molecular flexibility index (Phi) is 6.15. The molecule has 0 fully saturated rings. The molecule has 1 aromatic heterocycles. The highest BCUT2D eigenvalue weighted by molar-refractivity contribution is 7.19. The normalized spacial score (nSPS) is 17.5. The summed E-state index contributed by atoms with van der Waals surface area (Å²) in [5, 5.41) is 4.09. The third kappa shape index (κ3) is 3.71. The van der Waals surface area contributed by atoms with Crippen molar-refractivity contribution in [2.24, 2.45) is 0 Å². The van der Waals surface area contributed by atoms with E-state index in [1.54, 1.807) is 4.88 Å². The minimum Gasteiger partial charge on any atom is -0.140 e. The Labute approximate surface area is 286 Å². The summed E-state index contributed by atoms with van der Waals surface area (Å²) < 4.78 is 1.40. The van der Waals surface area contributed by atoms with Gasteiger partial charge in [0.2, 0.25) is 0 Å². The van der Waals surface area contributed by atoms with Crippen LogP contribution in [0.3, 0.4) is 0 Å². The molecule has 0 N–H and O–H groups in total. The van der Waals surface area contributed by atoms with Gasteiger partial charge in [0.05, 0.1) is 5.41 Å². The molecule has 10 rings (SSSR count). The predicted octanol–water partition coefficient (Wildman–Crippen LogP) is 13.1. The van der Waals surface area contributed by atoms with Gasteiger partial charge in [0.15, 0.2) is 0 Å². The van der Waals surface area contributed by atoms with Crippen molar-refractivity contribution in [2.45, 2.75) is 44.9 Å². The van der Waals surface area contributed by atoms with Crippen LogP contribution < -0.4 is 0 Å². The summed E-state index contributed by atoms with van der Waals surface area (Å²) in [5.74, 6) is 0. The average molecular weight is 633 g/mol. The fourth-order valence-electron chi connectivity index (χ4n) is 9.23. The van der Waals surface area contributed by atoms with Crippen LogP contribution in [0.15, 0.2) is 139 Å². The number of aryl methyl sites for hydroxylation is 1. The Bertz CT molecular complexity index is 2530. The van der Waals surface area contributed by atoms with Crippen LogP contribution in [0.5, 0.6) is 0 Å². The summed E-state index contributed by atoms with van der Waals surface area (Å²) in [6.45, 7) is 4.56. The maximum absolute atomic E-state index is 2.53. The second-order valence-corrected chi connectivity index (χ2v) is 14.9. The number of hydrogen-bond donors (Lipinski definition) is 0. The molecule has 3 aliphatic carbocycles. The number of hydrogen-bond acceptors (Lipinski definition) is 1. The standard InChI is InChI=1S/C47H36S/c1-3-4-15-33-29(2)12-9-22-43-46(33)38-26-24-32(28-44(38)48-43)31-23-25-36-34-16-5-7-19-39(34)47(42(36)27-31)40-20-8-6-17-35(40)37-18-10-13-30-14-11-21-41(47)45(30)37/h4-8,10-11,13-21,23-28H,3,9,12,22H2,1-2H3/b15-4-.